The number of halogens is 1. The number of aliphatic carboxylic acids is 1. The van der Waals surface area contributed by atoms with E-state index in [0.717, 1.165) is 22.3 Å². The molecule has 0 saturated carbocycles. The molecule has 1 atom stereocenters. The van der Waals surface area contributed by atoms with Crippen molar-refractivity contribution in [3.05, 3.63) is 89.5 Å². The van der Waals surface area contributed by atoms with Gasteiger partial charge in [-0.05, 0) is 39.9 Å². The van der Waals surface area contributed by atoms with Gasteiger partial charge in [0.1, 0.15) is 18.4 Å². The average molecular weight is 485 g/mol. The fourth-order valence-corrected chi connectivity index (χ4v) is 4.36. The number of alkyl carbamates (subject to hydrolysis) is 1. The molecule has 1 amide bonds. The zero-order chi connectivity index (χ0) is 24.3. The van der Waals surface area contributed by atoms with Gasteiger partial charge in [0.25, 0.3) is 0 Å². The summed E-state index contributed by atoms with van der Waals surface area (Å²) in [6.45, 7) is 0.0376. The highest BCUT2D eigenvalue weighted by Gasteiger charge is 2.29. The van der Waals surface area contributed by atoms with Crippen LogP contribution < -0.4 is 9.50 Å². The Bertz CT molecular complexity index is 1280. The lowest BCUT2D eigenvalue weighted by molar-refractivity contribution is -0.139. The van der Waals surface area contributed by atoms with E-state index in [-0.39, 0.29) is 24.7 Å². The van der Waals surface area contributed by atoms with Crippen LogP contribution in [0, 0.1) is 0 Å². The van der Waals surface area contributed by atoms with E-state index in [2.05, 4.69) is 9.50 Å². The predicted octanol–water partition coefficient (Wildman–Crippen LogP) is 3.81. The molecule has 0 saturated heterocycles. The van der Waals surface area contributed by atoms with E-state index in [9.17, 15) is 27.0 Å². The second-order valence-electron chi connectivity index (χ2n) is 7.69. The Balaban J connectivity index is 1.39. The fourth-order valence-electron chi connectivity index (χ4n) is 4.01. The van der Waals surface area contributed by atoms with E-state index in [1.807, 2.05) is 48.5 Å². The molecule has 3 aromatic rings. The van der Waals surface area contributed by atoms with E-state index < -0.39 is 28.6 Å². The van der Waals surface area contributed by atoms with Crippen LogP contribution in [-0.2, 0) is 26.5 Å². The van der Waals surface area contributed by atoms with E-state index in [1.165, 1.54) is 24.3 Å². The zero-order valence-corrected chi connectivity index (χ0v) is 18.5. The summed E-state index contributed by atoms with van der Waals surface area (Å²) in [5.74, 6) is -1.71. The van der Waals surface area contributed by atoms with Crippen molar-refractivity contribution in [3.8, 4) is 16.9 Å². The van der Waals surface area contributed by atoms with Gasteiger partial charge in [-0.3, -0.25) is 0 Å². The standard InChI is InChI=1S/C24H20FNO7S/c25-34(30,31)33-16-11-9-15(10-12-16)13-22(23(27)28)26-24(29)32-14-21-19-7-3-1-5-17(19)18-6-2-4-8-20(18)21/h1-12,21-22H,13-14H2,(H,26,29)(H,27,28). The van der Waals surface area contributed by atoms with Gasteiger partial charge in [-0.1, -0.05) is 64.5 Å². The number of nitrogens with one attached hydrogen (secondary N) is 1. The van der Waals surface area contributed by atoms with Crippen molar-refractivity contribution >= 4 is 22.6 Å². The van der Waals surface area contributed by atoms with Crippen LogP contribution >= 0.6 is 0 Å². The molecule has 3 aromatic carbocycles. The van der Waals surface area contributed by atoms with Gasteiger partial charge >= 0.3 is 22.6 Å². The smallest absolute Gasteiger partial charge is 0.480 e. The van der Waals surface area contributed by atoms with E-state index in [4.69, 9.17) is 4.74 Å². The molecule has 0 aliphatic heterocycles. The Morgan fingerprint density at radius 1 is 0.941 bits per heavy atom. The van der Waals surface area contributed by atoms with Crippen LogP contribution in [0.2, 0.25) is 0 Å². The zero-order valence-electron chi connectivity index (χ0n) is 17.7. The number of carbonyl (C=O) groups excluding carboxylic acids is 1. The van der Waals surface area contributed by atoms with Crippen LogP contribution in [-0.4, -0.2) is 38.2 Å². The number of amides is 1. The number of ether oxygens (including phenoxy) is 1. The minimum atomic E-state index is -5.16. The maximum Gasteiger partial charge on any atom is 0.488 e. The van der Waals surface area contributed by atoms with Gasteiger partial charge in [-0.2, -0.15) is 8.42 Å². The lowest BCUT2D eigenvalue weighted by Gasteiger charge is -2.17. The third-order valence-electron chi connectivity index (χ3n) is 5.49. The monoisotopic (exact) mass is 485 g/mol. The summed E-state index contributed by atoms with van der Waals surface area (Å²) >= 11 is 0. The first-order valence-electron chi connectivity index (χ1n) is 10.3. The first-order chi connectivity index (χ1) is 16.2. The van der Waals surface area contributed by atoms with Crippen molar-refractivity contribution < 1.29 is 35.9 Å². The predicted molar refractivity (Wildman–Crippen MR) is 120 cm³/mol. The number of benzene rings is 3. The molecule has 10 heteroatoms. The maximum atomic E-state index is 12.6. The van der Waals surface area contributed by atoms with Gasteiger partial charge in [0.15, 0.2) is 0 Å². The van der Waals surface area contributed by atoms with Gasteiger partial charge in [0, 0.05) is 12.3 Å². The highest BCUT2D eigenvalue weighted by Crippen LogP contribution is 2.44. The molecule has 1 aliphatic carbocycles. The molecule has 0 spiro atoms. The molecule has 0 bridgehead atoms. The Labute approximate surface area is 195 Å². The number of carboxylic acids is 1. The Morgan fingerprint density at radius 3 is 2.03 bits per heavy atom. The summed E-state index contributed by atoms with van der Waals surface area (Å²) in [5, 5.41) is 11.8. The van der Waals surface area contributed by atoms with Crippen molar-refractivity contribution in [1.29, 1.82) is 0 Å². The molecule has 0 heterocycles. The van der Waals surface area contributed by atoms with Crippen LogP contribution in [0.25, 0.3) is 11.1 Å². The van der Waals surface area contributed by atoms with Gasteiger partial charge in [-0.25, -0.2) is 9.59 Å². The summed E-state index contributed by atoms with van der Waals surface area (Å²) in [4.78, 5) is 24.1. The Hall–Kier alpha value is -3.92. The number of rotatable bonds is 8. The Morgan fingerprint density at radius 2 is 1.50 bits per heavy atom. The molecule has 34 heavy (non-hydrogen) atoms. The first-order valence-corrected chi connectivity index (χ1v) is 11.6. The largest absolute Gasteiger partial charge is 0.488 e. The van der Waals surface area contributed by atoms with Gasteiger partial charge in [0.2, 0.25) is 0 Å². The second kappa shape index (κ2) is 9.52. The number of carbonyl (C=O) groups is 2. The topological polar surface area (TPSA) is 119 Å². The van der Waals surface area contributed by atoms with Crippen LogP contribution in [0.1, 0.15) is 22.6 Å². The summed E-state index contributed by atoms with van der Waals surface area (Å²) in [5.41, 5.74) is 4.66. The average Bonchev–Trinajstić information content (AvgIpc) is 3.11. The molecule has 2 N–H and O–H groups in total. The van der Waals surface area contributed by atoms with Crippen LogP contribution in [0.4, 0.5) is 8.68 Å². The van der Waals surface area contributed by atoms with E-state index in [1.54, 1.807) is 0 Å². The van der Waals surface area contributed by atoms with Gasteiger partial charge < -0.3 is 19.3 Å². The number of hydrogen-bond donors (Lipinski definition) is 2. The van der Waals surface area contributed by atoms with Crippen LogP contribution in [0.5, 0.6) is 5.75 Å². The SMILES string of the molecule is O=C(NC(Cc1ccc(OS(=O)(=O)F)cc1)C(=O)O)OCC1c2ccccc2-c2ccccc21. The second-order valence-corrected chi connectivity index (χ2v) is 8.64. The lowest BCUT2D eigenvalue weighted by Crippen LogP contribution is -2.42. The van der Waals surface area contributed by atoms with Crippen LogP contribution in [0.3, 0.4) is 0 Å². The number of carboxylic acid groups (broad SMARTS) is 1. The van der Waals surface area contributed by atoms with Crippen molar-refractivity contribution in [2.24, 2.45) is 0 Å². The van der Waals surface area contributed by atoms with E-state index in [0.29, 0.717) is 5.56 Å². The van der Waals surface area contributed by atoms with Gasteiger partial charge in [-0.15, -0.1) is 0 Å². The summed E-state index contributed by atoms with van der Waals surface area (Å²) < 4.78 is 43.2. The Kier molecular flexibility index (Phi) is 6.51. The highest BCUT2D eigenvalue weighted by atomic mass is 32.3. The van der Waals surface area contributed by atoms with Gasteiger partial charge in [0.05, 0.1) is 0 Å². The number of hydrogen-bond acceptors (Lipinski definition) is 6. The molecule has 4 rings (SSSR count). The minimum Gasteiger partial charge on any atom is -0.480 e. The van der Waals surface area contributed by atoms with Crippen molar-refractivity contribution in [3.63, 3.8) is 0 Å². The highest BCUT2D eigenvalue weighted by molar-refractivity contribution is 7.81. The summed E-state index contributed by atoms with van der Waals surface area (Å²) in [6.07, 6.45) is -0.986. The molecule has 0 fully saturated rings. The van der Waals surface area contributed by atoms with E-state index >= 15 is 0 Å². The molecular weight excluding hydrogens is 465 g/mol. The van der Waals surface area contributed by atoms with Crippen LogP contribution in [0.15, 0.2) is 72.8 Å². The molecule has 1 aliphatic rings. The molecule has 8 nitrogen and oxygen atoms in total. The maximum absolute atomic E-state index is 12.6. The fraction of sp³-hybridized carbons (Fsp3) is 0.167. The van der Waals surface area contributed by atoms with Crippen molar-refractivity contribution in [2.75, 3.05) is 6.61 Å². The normalized spacial score (nSPS) is 13.4. The lowest BCUT2D eigenvalue weighted by atomic mass is 9.98. The molecular formula is C24H20FNO7S. The minimum absolute atomic E-state index is 0.0376. The molecule has 176 valence electrons. The quantitative estimate of drug-likeness (QED) is 0.466. The molecule has 0 aromatic heterocycles. The third kappa shape index (κ3) is 5.34. The summed E-state index contributed by atoms with van der Waals surface area (Å²) in [7, 11) is -5.16. The first kappa shape index (κ1) is 23.2. The van der Waals surface area contributed by atoms with Crippen molar-refractivity contribution in [1.82, 2.24) is 5.32 Å². The molecule has 0 radical (unpaired) electrons. The van der Waals surface area contributed by atoms with Crippen molar-refractivity contribution in [2.45, 2.75) is 18.4 Å². The number of fused-ring (bicyclic) bond motifs is 3. The summed E-state index contributed by atoms with van der Waals surface area (Å²) in [6, 6.07) is 19.5. The third-order valence-corrected chi connectivity index (χ3v) is 5.88. The molecule has 1 unspecified atom stereocenters.